The van der Waals surface area contributed by atoms with Crippen molar-refractivity contribution in [3.05, 3.63) is 26.9 Å². The number of aliphatic hydroxyl groups excluding tert-OH is 2. The van der Waals surface area contributed by atoms with Crippen LogP contribution in [-0.4, -0.2) is 32.1 Å². The summed E-state index contributed by atoms with van der Waals surface area (Å²) in [6.45, 7) is 0. The minimum atomic E-state index is -1.47. The quantitative estimate of drug-likeness (QED) is 0.326. The Morgan fingerprint density at radius 2 is 2.18 bits per heavy atom. The number of pyridine rings is 1. The number of halogens is 2. The molecule has 17 heavy (non-hydrogen) atoms. The molecule has 1 heterocycles. The van der Waals surface area contributed by atoms with Crippen molar-refractivity contribution in [2.45, 2.75) is 12.2 Å². The first-order valence-corrected chi connectivity index (χ1v) is 5.32. The first-order valence-electron chi connectivity index (χ1n) is 4.40. The van der Waals surface area contributed by atoms with Crippen molar-refractivity contribution in [2.75, 3.05) is 11.6 Å². The van der Waals surface area contributed by atoms with Crippen LogP contribution in [0.1, 0.15) is 11.7 Å². The van der Waals surface area contributed by atoms with Gasteiger partial charge in [0.2, 0.25) is 5.82 Å². The van der Waals surface area contributed by atoms with Gasteiger partial charge in [0, 0.05) is 11.6 Å². The van der Waals surface area contributed by atoms with Crippen molar-refractivity contribution in [1.29, 1.82) is 0 Å². The lowest BCUT2D eigenvalue weighted by Gasteiger charge is -2.16. The highest BCUT2D eigenvalue weighted by molar-refractivity contribution is 6.30. The Morgan fingerprint density at radius 1 is 1.59 bits per heavy atom. The van der Waals surface area contributed by atoms with Crippen LogP contribution in [0.5, 0.6) is 0 Å². The molecule has 0 aliphatic carbocycles. The molecule has 1 aromatic heterocycles. The third-order valence-electron chi connectivity index (χ3n) is 2.05. The molecule has 0 aliphatic heterocycles. The molecule has 0 bridgehead atoms. The number of nitrogens with two attached hydrogens (primary N) is 1. The minimum Gasteiger partial charge on any atom is -0.389 e. The Balaban J connectivity index is 3.24. The number of rotatable bonds is 4. The van der Waals surface area contributed by atoms with Crippen LogP contribution in [0.2, 0.25) is 5.15 Å². The van der Waals surface area contributed by atoms with E-state index in [0.717, 1.165) is 6.07 Å². The van der Waals surface area contributed by atoms with Crippen LogP contribution in [0.25, 0.3) is 0 Å². The summed E-state index contributed by atoms with van der Waals surface area (Å²) in [7, 11) is 0. The predicted molar refractivity (Wildman–Crippen MR) is 62.0 cm³/mol. The van der Waals surface area contributed by atoms with E-state index < -0.39 is 22.8 Å². The molecule has 7 nitrogen and oxygen atoms in total. The zero-order valence-electron chi connectivity index (χ0n) is 8.38. The molecule has 0 fully saturated rings. The fraction of sp³-hybridized carbons (Fsp3) is 0.375. The van der Waals surface area contributed by atoms with E-state index in [1.165, 1.54) is 0 Å². The summed E-state index contributed by atoms with van der Waals surface area (Å²) in [6.07, 6.45) is -2.77. The van der Waals surface area contributed by atoms with Gasteiger partial charge in [0.1, 0.15) is 11.3 Å². The summed E-state index contributed by atoms with van der Waals surface area (Å²) in [5, 5.41) is 29.4. The van der Waals surface area contributed by atoms with Gasteiger partial charge in [-0.05, 0) is 0 Å². The van der Waals surface area contributed by atoms with Crippen molar-refractivity contribution in [1.82, 2.24) is 4.98 Å². The molecule has 2 unspecified atom stereocenters. The standard InChI is InChI=1S/C8H9Cl2N3O4/c9-2-5(14)6(15)3-1-4(13(16)17)8(11)12-7(3)10/h1,5-6,14-15H,2H2,(H2,11,12). The molecule has 0 saturated carbocycles. The molecular weight excluding hydrogens is 273 g/mol. The molecule has 9 heteroatoms. The van der Waals surface area contributed by atoms with E-state index in [2.05, 4.69) is 4.98 Å². The zero-order chi connectivity index (χ0) is 13.2. The number of aliphatic hydroxyl groups is 2. The van der Waals surface area contributed by atoms with E-state index >= 15 is 0 Å². The van der Waals surface area contributed by atoms with Crippen LogP contribution in [0.4, 0.5) is 11.5 Å². The van der Waals surface area contributed by atoms with Gasteiger partial charge in [-0.15, -0.1) is 11.6 Å². The normalized spacial score (nSPS) is 14.4. The predicted octanol–water partition coefficient (Wildman–Crippen LogP) is 0.858. The summed E-state index contributed by atoms with van der Waals surface area (Å²) in [5.41, 5.74) is 4.70. The van der Waals surface area contributed by atoms with E-state index in [1.54, 1.807) is 0 Å². The summed E-state index contributed by atoms with van der Waals surface area (Å²) in [5.74, 6) is -0.619. The van der Waals surface area contributed by atoms with Crippen molar-refractivity contribution >= 4 is 34.7 Å². The Labute approximate surface area is 106 Å². The second-order valence-electron chi connectivity index (χ2n) is 3.20. The van der Waals surface area contributed by atoms with Gasteiger partial charge in [-0.25, -0.2) is 4.98 Å². The molecule has 0 saturated heterocycles. The van der Waals surface area contributed by atoms with E-state index in [9.17, 15) is 20.3 Å². The number of anilines is 1. The van der Waals surface area contributed by atoms with E-state index in [4.69, 9.17) is 28.9 Å². The Hall–Kier alpha value is -1.15. The fourth-order valence-corrected chi connectivity index (χ4v) is 1.58. The van der Waals surface area contributed by atoms with Crippen LogP contribution in [0.3, 0.4) is 0 Å². The van der Waals surface area contributed by atoms with Gasteiger partial charge in [-0.1, -0.05) is 11.6 Å². The topological polar surface area (TPSA) is 123 Å². The second-order valence-corrected chi connectivity index (χ2v) is 3.86. The number of hydrogen-bond acceptors (Lipinski definition) is 6. The summed E-state index contributed by atoms with van der Waals surface area (Å²) < 4.78 is 0. The maximum atomic E-state index is 10.6. The van der Waals surface area contributed by atoms with Gasteiger partial charge < -0.3 is 15.9 Å². The molecule has 1 aromatic rings. The van der Waals surface area contributed by atoms with Crippen LogP contribution in [0, 0.1) is 10.1 Å². The first kappa shape index (κ1) is 13.9. The van der Waals surface area contributed by atoms with Crippen molar-refractivity contribution < 1.29 is 15.1 Å². The SMILES string of the molecule is Nc1nc(Cl)c(C(O)C(O)CCl)cc1[N+](=O)[O-]. The molecule has 94 valence electrons. The van der Waals surface area contributed by atoms with E-state index in [1.807, 2.05) is 0 Å². The molecule has 0 aromatic carbocycles. The molecule has 2 atom stereocenters. The summed E-state index contributed by atoms with van der Waals surface area (Å²) in [6, 6.07) is 0.963. The van der Waals surface area contributed by atoms with Crippen LogP contribution >= 0.6 is 23.2 Å². The van der Waals surface area contributed by atoms with Crippen LogP contribution in [0.15, 0.2) is 6.07 Å². The monoisotopic (exact) mass is 281 g/mol. The zero-order valence-corrected chi connectivity index (χ0v) is 9.89. The molecular formula is C8H9Cl2N3O4. The molecule has 0 spiro atoms. The fourth-order valence-electron chi connectivity index (χ4n) is 1.15. The largest absolute Gasteiger partial charge is 0.389 e. The third kappa shape index (κ3) is 2.95. The van der Waals surface area contributed by atoms with Crippen molar-refractivity contribution in [3.63, 3.8) is 0 Å². The Morgan fingerprint density at radius 3 is 2.65 bits per heavy atom. The minimum absolute atomic E-state index is 0.0966. The Kier molecular flexibility index (Phi) is 4.47. The smallest absolute Gasteiger partial charge is 0.311 e. The molecule has 1 rings (SSSR count). The lowest BCUT2D eigenvalue weighted by Crippen LogP contribution is -2.20. The lowest BCUT2D eigenvalue weighted by atomic mass is 10.1. The molecule has 0 radical (unpaired) electrons. The van der Waals surface area contributed by atoms with Crippen LogP contribution in [-0.2, 0) is 0 Å². The molecule has 4 N–H and O–H groups in total. The average Bonchev–Trinajstić information content (AvgIpc) is 2.26. The van der Waals surface area contributed by atoms with E-state index in [-0.39, 0.29) is 22.4 Å². The number of alkyl halides is 1. The number of nitrogens with zero attached hydrogens (tertiary/aromatic N) is 2. The van der Waals surface area contributed by atoms with Gasteiger partial charge >= 0.3 is 5.69 Å². The summed E-state index contributed by atoms with van der Waals surface area (Å²) >= 11 is 11.0. The highest BCUT2D eigenvalue weighted by Gasteiger charge is 2.25. The van der Waals surface area contributed by atoms with Gasteiger partial charge in [-0.2, -0.15) is 0 Å². The van der Waals surface area contributed by atoms with Crippen LogP contribution < -0.4 is 5.73 Å². The first-order chi connectivity index (χ1) is 7.88. The molecule has 0 amide bonds. The van der Waals surface area contributed by atoms with E-state index in [0.29, 0.717) is 0 Å². The molecule has 0 aliphatic rings. The van der Waals surface area contributed by atoms with Crippen molar-refractivity contribution in [2.24, 2.45) is 0 Å². The second kappa shape index (κ2) is 5.46. The highest BCUT2D eigenvalue weighted by atomic mass is 35.5. The van der Waals surface area contributed by atoms with Gasteiger partial charge in [0.25, 0.3) is 0 Å². The number of nitro groups is 1. The summed E-state index contributed by atoms with van der Waals surface area (Å²) in [4.78, 5) is 13.4. The number of nitrogen functional groups attached to an aromatic ring is 1. The van der Waals surface area contributed by atoms with Gasteiger partial charge in [0.05, 0.1) is 16.9 Å². The van der Waals surface area contributed by atoms with Crippen molar-refractivity contribution in [3.8, 4) is 0 Å². The van der Waals surface area contributed by atoms with Gasteiger partial charge in [-0.3, -0.25) is 10.1 Å². The number of hydrogen-bond donors (Lipinski definition) is 3. The Bertz CT molecular complexity index is 443. The third-order valence-corrected chi connectivity index (χ3v) is 2.67. The maximum Gasteiger partial charge on any atom is 0.311 e. The van der Waals surface area contributed by atoms with Gasteiger partial charge in [0.15, 0.2) is 0 Å². The number of aromatic nitrogens is 1. The lowest BCUT2D eigenvalue weighted by molar-refractivity contribution is -0.384. The maximum absolute atomic E-state index is 10.6. The average molecular weight is 282 g/mol. The highest BCUT2D eigenvalue weighted by Crippen LogP contribution is 2.31.